The molecule has 0 radical (unpaired) electrons. The Hall–Kier alpha value is -1.94. The average Bonchev–Trinajstić information content (AvgIpc) is 1.03. The summed E-state index contributed by atoms with van der Waals surface area (Å²) in [5.41, 5.74) is 0. The van der Waals surface area contributed by atoms with E-state index in [2.05, 4.69) is 48.5 Å². The van der Waals surface area contributed by atoms with Crippen LogP contribution in [-0.2, 0) is 65.4 Å². The van der Waals surface area contributed by atoms with Crippen molar-refractivity contribution in [3.8, 4) is 0 Å². The van der Waals surface area contributed by atoms with Crippen molar-refractivity contribution in [2.45, 2.75) is 433 Å². The second-order valence-corrected chi connectivity index (χ2v) is 33.1. The fourth-order valence-electron chi connectivity index (χ4n) is 12.3. The van der Waals surface area contributed by atoms with Crippen LogP contribution in [0.3, 0.4) is 0 Å². The van der Waals surface area contributed by atoms with Gasteiger partial charge in [0.25, 0.3) is 0 Å². The third kappa shape index (κ3) is 74.1. The summed E-state index contributed by atoms with van der Waals surface area (Å²) in [7, 11) is -9.92. The molecule has 0 heterocycles. The lowest BCUT2D eigenvalue weighted by molar-refractivity contribution is -0.161. The third-order valence-corrected chi connectivity index (χ3v) is 20.5. The van der Waals surface area contributed by atoms with Crippen LogP contribution in [0, 0.1) is 17.8 Å². The maximum Gasteiger partial charge on any atom is 0.472 e. The van der Waals surface area contributed by atoms with Crippen LogP contribution >= 0.6 is 15.6 Å². The first-order valence-electron chi connectivity index (χ1n) is 41.3. The lowest BCUT2D eigenvalue weighted by Crippen LogP contribution is -2.30. The molecule has 0 saturated carbocycles. The zero-order valence-corrected chi connectivity index (χ0v) is 66.8. The normalized spacial score (nSPS) is 14.0. The standard InChI is InChI=1S/C80H156O17P2/c1-8-9-10-11-12-13-14-15-16-17-18-19-20-21-22-23-24-29-34-41-49-56-63-79(84)96-75(67-90-77(82)61-54-47-40-33-28-26-25-27-31-37-44-51-58-71(2)3)69-94-98(86,87)92-65-74(81)66-93-99(88,89)95-70-76(68-91-78(83)62-55-48-43-36-39-46-53-60-73(6)7)97-80(85)64-57-50-42-35-30-32-38-45-52-59-72(4)5/h71-76,81H,8-70H2,1-7H3,(H,86,87)(H,88,89)/t74-,75-,76-/m1/s1. The van der Waals surface area contributed by atoms with Gasteiger partial charge in [-0.05, 0) is 43.4 Å². The number of aliphatic hydroxyl groups is 1. The van der Waals surface area contributed by atoms with E-state index in [9.17, 15) is 43.2 Å². The number of esters is 4. The Bertz CT molecular complexity index is 1920. The molecule has 2 unspecified atom stereocenters. The van der Waals surface area contributed by atoms with E-state index in [-0.39, 0.29) is 25.7 Å². The smallest absolute Gasteiger partial charge is 0.462 e. The second kappa shape index (κ2) is 70.4. The Morgan fingerprint density at radius 3 is 0.687 bits per heavy atom. The monoisotopic (exact) mass is 1450 g/mol. The molecule has 0 aliphatic rings. The Labute approximate surface area is 607 Å². The van der Waals surface area contributed by atoms with Crippen LogP contribution in [0.2, 0.25) is 0 Å². The quantitative estimate of drug-likeness (QED) is 0.0222. The van der Waals surface area contributed by atoms with Crippen molar-refractivity contribution >= 4 is 39.5 Å². The van der Waals surface area contributed by atoms with Gasteiger partial charge in [0.2, 0.25) is 0 Å². The Balaban J connectivity index is 5.20. The van der Waals surface area contributed by atoms with Gasteiger partial charge in [0, 0.05) is 25.7 Å². The van der Waals surface area contributed by atoms with E-state index < -0.39 is 97.5 Å². The average molecular weight is 1450 g/mol. The molecule has 0 aromatic heterocycles. The summed E-state index contributed by atoms with van der Waals surface area (Å²) in [6, 6.07) is 0. The van der Waals surface area contributed by atoms with Gasteiger partial charge in [-0.25, -0.2) is 9.13 Å². The molecule has 99 heavy (non-hydrogen) atoms. The van der Waals surface area contributed by atoms with E-state index in [1.807, 2.05) is 0 Å². The molecule has 0 aromatic rings. The van der Waals surface area contributed by atoms with Crippen molar-refractivity contribution in [1.82, 2.24) is 0 Å². The number of hydrogen-bond donors (Lipinski definition) is 3. The van der Waals surface area contributed by atoms with Gasteiger partial charge in [-0.2, -0.15) is 0 Å². The van der Waals surface area contributed by atoms with E-state index in [1.165, 1.54) is 218 Å². The predicted molar refractivity (Wildman–Crippen MR) is 405 cm³/mol. The van der Waals surface area contributed by atoms with Gasteiger partial charge in [-0.1, -0.05) is 363 Å². The third-order valence-electron chi connectivity index (χ3n) is 18.6. The summed E-state index contributed by atoms with van der Waals surface area (Å²) in [5.74, 6) is 0.107. The van der Waals surface area contributed by atoms with Crippen molar-refractivity contribution in [2.75, 3.05) is 39.6 Å². The molecule has 0 fully saturated rings. The lowest BCUT2D eigenvalue weighted by Gasteiger charge is -2.21. The minimum Gasteiger partial charge on any atom is -0.462 e. The number of phosphoric ester groups is 2. The first-order chi connectivity index (χ1) is 47.7. The highest BCUT2D eigenvalue weighted by Gasteiger charge is 2.30. The Morgan fingerprint density at radius 2 is 0.465 bits per heavy atom. The van der Waals surface area contributed by atoms with Crippen LogP contribution in [0.15, 0.2) is 0 Å². The number of unbranched alkanes of at least 4 members (excludes halogenated alkanes) is 46. The van der Waals surface area contributed by atoms with Gasteiger partial charge in [0.05, 0.1) is 26.4 Å². The number of ether oxygens (including phenoxy) is 4. The van der Waals surface area contributed by atoms with Crippen molar-refractivity contribution in [2.24, 2.45) is 17.8 Å². The second-order valence-electron chi connectivity index (χ2n) is 30.2. The molecule has 0 aliphatic carbocycles. The fraction of sp³-hybridized carbons (Fsp3) is 0.950. The minimum absolute atomic E-state index is 0.104. The SMILES string of the molecule is CCCCCCCCCCCCCCCCCCCCCCCCC(=O)O[C@H](COC(=O)CCCCCCCCCCCCCCC(C)C)COP(=O)(O)OC[C@@H](O)COP(=O)(O)OC[C@@H](COC(=O)CCCCCCCCCC(C)C)OC(=O)CCCCCCCCCCCC(C)C. The Morgan fingerprint density at radius 1 is 0.273 bits per heavy atom. The van der Waals surface area contributed by atoms with Gasteiger partial charge in [0.1, 0.15) is 19.3 Å². The highest BCUT2D eigenvalue weighted by molar-refractivity contribution is 7.47. The number of carbonyl (C=O) groups is 4. The largest absolute Gasteiger partial charge is 0.472 e. The molecule has 0 rings (SSSR count). The van der Waals surface area contributed by atoms with Crippen LogP contribution in [0.4, 0.5) is 0 Å². The number of aliphatic hydroxyl groups excluding tert-OH is 1. The molecule has 0 bridgehead atoms. The van der Waals surface area contributed by atoms with E-state index in [0.717, 1.165) is 108 Å². The minimum atomic E-state index is -4.96. The van der Waals surface area contributed by atoms with Crippen LogP contribution in [0.1, 0.15) is 414 Å². The molecule has 17 nitrogen and oxygen atoms in total. The van der Waals surface area contributed by atoms with Crippen LogP contribution in [-0.4, -0.2) is 96.7 Å². The zero-order valence-electron chi connectivity index (χ0n) is 65.0. The highest BCUT2D eigenvalue weighted by Crippen LogP contribution is 2.45. The van der Waals surface area contributed by atoms with Gasteiger partial charge in [-0.3, -0.25) is 37.3 Å². The number of rotatable bonds is 78. The van der Waals surface area contributed by atoms with Gasteiger partial charge in [-0.15, -0.1) is 0 Å². The maximum absolute atomic E-state index is 13.1. The maximum atomic E-state index is 13.1. The molecule has 5 atom stereocenters. The van der Waals surface area contributed by atoms with E-state index in [4.69, 9.17) is 37.0 Å². The molecule has 0 saturated heterocycles. The summed E-state index contributed by atoms with van der Waals surface area (Å²) < 4.78 is 68.6. The highest BCUT2D eigenvalue weighted by atomic mass is 31.2. The number of hydrogen-bond acceptors (Lipinski definition) is 15. The molecule has 0 spiro atoms. The van der Waals surface area contributed by atoms with Crippen molar-refractivity contribution < 1.29 is 80.2 Å². The van der Waals surface area contributed by atoms with Gasteiger partial charge in [0.15, 0.2) is 12.2 Å². The molecule has 0 aromatic carbocycles. The van der Waals surface area contributed by atoms with Crippen molar-refractivity contribution in [3.05, 3.63) is 0 Å². The summed E-state index contributed by atoms with van der Waals surface area (Å²) >= 11 is 0. The fourth-order valence-corrected chi connectivity index (χ4v) is 13.9. The zero-order chi connectivity index (χ0) is 73.0. The predicted octanol–water partition coefficient (Wildman–Crippen LogP) is 23.7. The van der Waals surface area contributed by atoms with E-state index >= 15 is 0 Å². The van der Waals surface area contributed by atoms with Crippen LogP contribution in [0.5, 0.6) is 0 Å². The topological polar surface area (TPSA) is 237 Å². The first-order valence-corrected chi connectivity index (χ1v) is 44.3. The Kier molecular flexibility index (Phi) is 69.0. The molecule has 588 valence electrons. The number of carbonyl (C=O) groups excluding carboxylic acids is 4. The molecule has 0 amide bonds. The van der Waals surface area contributed by atoms with E-state index in [0.29, 0.717) is 31.6 Å². The molecular weight excluding hydrogens is 1290 g/mol. The number of phosphoric acid groups is 2. The summed E-state index contributed by atoms with van der Waals surface area (Å²) in [6.07, 6.45) is 58.6. The van der Waals surface area contributed by atoms with Gasteiger partial charge < -0.3 is 33.8 Å². The van der Waals surface area contributed by atoms with Crippen LogP contribution in [0.25, 0.3) is 0 Å². The van der Waals surface area contributed by atoms with Crippen molar-refractivity contribution in [1.29, 1.82) is 0 Å². The first kappa shape index (κ1) is 97.1. The summed E-state index contributed by atoms with van der Waals surface area (Å²) in [5, 5.41) is 10.6. The molecule has 19 heteroatoms. The summed E-state index contributed by atoms with van der Waals surface area (Å²) in [6.45, 7) is 11.9. The van der Waals surface area contributed by atoms with E-state index in [1.54, 1.807) is 0 Å². The van der Waals surface area contributed by atoms with Crippen LogP contribution < -0.4 is 0 Å². The lowest BCUT2D eigenvalue weighted by atomic mass is 10.0. The van der Waals surface area contributed by atoms with Crippen molar-refractivity contribution in [3.63, 3.8) is 0 Å². The molecule has 3 N–H and O–H groups in total. The molecule has 0 aliphatic heterocycles. The summed E-state index contributed by atoms with van der Waals surface area (Å²) in [4.78, 5) is 72.9. The molecular formula is C80H156O17P2. The van der Waals surface area contributed by atoms with Gasteiger partial charge >= 0.3 is 39.5 Å².